The van der Waals surface area contributed by atoms with E-state index in [0.29, 0.717) is 25.6 Å². The highest BCUT2D eigenvalue weighted by molar-refractivity contribution is 7.79. The van der Waals surface area contributed by atoms with Crippen molar-refractivity contribution in [3.05, 3.63) is 11.9 Å². The first-order chi connectivity index (χ1) is 31.5. The second-order valence-corrected chi connectivity index (χ2v) is 15.9. The molecule has 0 saturated carbocycles. The molecule has 2 rings (SSSR count). The lowest BCUT2D eigenvalue weighted by molar-refractivity contribution is -0.139. The van der Waals surface area contributed by atoms with E-state index < -0.39 is 143 Å². The number of nitrogens with zero attached hydrogens (tertiary/aromatic N) is 1. The third-order valence-corrected chi connectivity index (χ3v) is 8.92. The molecule has 1 fully saturated rings. The van der Waals surface area contributed by atoms with Crippen LogP contribution in [0.3, 0.4) is 0 Å². The highest BCUT2D eigenvalue weighted by atomic mass is 32.3. The lowest BCUT2D eigenvalue weighted by atomic mass is 9.87. The van der Waals surface area contributed by atoms with Gasteiger partial charge in [0.1, 0.15) is 42.2 Å². The summed E-state index contributed by atoms with van der Waals surface area (Å²) in [5, 5.41) is 76.6. The number of nitrogens with two attached hydrogens (primary N) is 4. The van der Waals surface area contributed by atoms with Gasteiger partial charge in [0.15, 0.2) is 5.96 Å². The summed E-state index contributed by atoms with van der Waals surface area (Å²) in [6.07, 6.45) is -1.80. The van der Waals surface area contributed by atoms with Gasteiger partial charge >= 0.3 is 12.0 Å². The van der Waals surface area contributed by atoms with Crippen LogP contribution in [0.1, 0.15) is 46.0 Å². The van der Waals surface area contributed by atoms with Gasteiger partial charge < -0.3 is 111 Å². The van der Waals surface area contributed by atoms with Gasteiger partial charge in [0.2, 0.25) is 35.4 Å². The van der Waals surface area contributed by atoms with Gasteiger partial charge in [0.05, 0.1) is 32.3 Å². The number of hydrogen-bond donors (Lipinski definition) is 19. The molecular weight excluding hydrogens is 941 g/mol. The quantitative estimate of drug-likeness (QED) is 0.0388. The average molecular weight is 1000 g/mol. The molecule has 0 aromatic carbocycles. The molecule has 0 unspecified atom stereocenters. The van der Waals surface area contributed by atoms with E-state index in [0.717, 1.165) is 0 Å². The maximum absolute atomic E-state index is 13.6. The van der Waals surface area contributed by atoms with E-state index in [2.05, 4.69) is 47.5 Å². The highest BCUT2D eigenvalue weighted by Crippen LogP contribution is 2.19. The Kier molecular flexibility index (Phi) is 27.3. The molecule has 68 heavy (non-hydrogen) atoms. The Labute approximate surface area is 387 Å². The molecule has 388 valence electrons. The van der Waals surface area contributed by atoms with Gasteiger partial charge in [-0.25, -0.2) is 9.79 Å². The minimum absolute atomic E-state index is 0.0350. The molecule has 0 spiro atoms. The van der Waals surface area contributed by atoms with Gasteiger partial charge in [0, 0.05) is 54.0 Å². The van der Waals surface area contributed by atoms with Crippen LogP contribution < -0.4 is 70.8 Å². The van der Waals surface area contributed by atoms with Gasteiger partial charge in [-0.2, -0.15) is 0 Å². The Morgan fingerprint density at radius 2 is 1.53 bits per heavy atom. The minimum Gasteiger partial charge on any atom is -0.759 e. The minimum atomic E-state index is -5.17. The van der Waals surface area contributed by atoms with Gasteiger partial charge in [-0.15, -0.1) is 0 Å². The predicted octanol–water partition coefficient (Wildman–Crippen LogP) is -11.3. The van der Waals surface area contributed by atoms with E-state index >= 15 is 0 Å². The number of primary amides is 1. The summed E-state index contributed by atoms with van der Waals surface area (Å²) in [6, 6.07) is -9.80. The molecule has 0 aromatic heterocycles. The van der Waals surface area contributed by atoms with E-state index in [4.69, 9.17) is 50.7 Å². The SMILES string of the molecule is CC(C)(CO)[C@@H](O)C(=O)NCCC(=O)O.NCCC[C@H](N)CC(=O)N[C@H]1CNC(=O)[C@H]([C@H]2C[C@H](O)NC(N)=N2)NC(=O)/C(=C/NC(N)=O)NC(=O)[C@H](CO)NC(=O)[C@H](CO)NC1=O.O=S(=O)([O-])[O-]. The van der Waals surface area contributed by atoms with Crippen molar-refractivity contribution in [1.82, 2.24) is 47.9 Å². The second kappa shape index (κ2) is 30.1. The van der Waals surface area contributed by atoms with Crippen molar-refractivity contribution in [2.45, 2.75) is 94.5 Å². The fourth-order valence-electron chi connectivity index (χ4n) is 5.27. The van der Waals surface area contributed by atoms with Gasteiger partial charge in [-0.1, -0.05) is 13.8 Å². The van der Waals surface area contributed by atoms with Crippen LogP contribution >= 0.6 is 0 Å². The molecule has 1 saturated heterocycles. The fourth-order valence-corrected chi connectivity index (χ4v) is 5.27. The molecule has 0 radical (unpaired) electrons. The lowest BCUT2D eigenvalue weighted by Gasteiger charge is -2.31. The number of nitrogens with one attached hydrogen (secondary N) is 9. The van der Waals surface area contributed by atoms with Gasteiger partial charge in [-0.3, -0.25) is 46.8 Å². The molecule has 2 heterocycles. The molecule has 0 bridgehead atoms. The summed E-state index contributed by atoms with van der Waals surface area (Å²) < 4.78 is 34.1. The molecule has 0 aliphatic carbocycles. The van der Waals surface area contributed by atoms with Crippen LogP contribution in [-0.4, -0.2) is 196 Å². The van der Waals surface area contributed by atoms with Crippen LogP contribution in [0.25, 0.3) is 0 Å². The highest BCUT2D eigenvalue weighted by Gasteiger charge is 2.37. The largest absolute Gasteiger partial charge is 0.759 e. The number of aliphatic imine (C=N–C) groups is 1. The van der Waals surface area contributed by atoms with Crippen molar-refractivity contribution >= 4 is 69.7 Å². The molecule has 23 N–H and O–H groups in total. The maximum atomic E-state index is 13.6. The lowest BCUT2D eigenvalue weighted by Crippen LogP contribution is -2.63. The standard InChI is InChI=1S/C25H43N13O10.C9H17NO5.H2O4S/c26-3-1-2-10(27)4-16(41)32-12-6-30-23(47)18(11-5-17(42)37-24(28)36-11)38-20(44)13(7-31-25(29)48)33-21(45)14(8-39)35-22(46)15(9-40)34-19(12)43;1-9(2,5-11)7(14)8(15)10-4-3-6(12)13;1-5(2,3)4/h7,10-12,14-15,17-18,39-40,42H,1-6,8-9,26-27H2,(H,30,47)(H,32,41)(H,33,45)(H,34,43)(H,35,46)(H,38,44)(H3,28,36,37)(H3,29,31,48);7,11,14H,3-5H2,1-2H3,(H,10,15)(H,12,13);(H2,1,2,3,4)/p-2/b13-7-;;/t10-,11+,12-,14-,15-,17-,18-;7-;/m00./s1. The van der Waals surface area contributed by atoms with Crippen LogP contribution in [0.2, 0.25) is 0 Å². The Balaban J connectivity index is 0.00000186. The van der Waals surface area contributed by atoms with Crippen LogP contribution in [0.4, 0.5) is 4.79 Å². The molecule has 2 aliphatic rings. The fraction of sp³-hybridized carbons (Fsp3) is 0.647. The molecule has 8 atom stereocenters. The van der Waals surface area contributed by atoms with E-state index in [-0.39, 0.29) is 38.4 Å². The number of carbonyl (C=O) groups is 9. The number of carbonyl (C=O) groups excluding carboxylic acids is 8. The smallest absolute Gasteiger partial charge is 0.316 e. The maximum Gasteiger partial charge on any atom is 0.316 e. The summed E-state index contributed by atoms with van der Waals surface area (Å²) in [7, 11) is -5.17. The number of aliphatic hydroxyl groups excluding tert-OH is 5. The third kappa shape index (κ3) is 25.0. The van der Waals surface area contributed by atoms with Crippen LogP contribution in [0, 0.1) is 5.41 Å². The van der Waals surface area contributed by atoms with E-state index in [9.17, 15) is 63.6 Å². The summed E-state index contributed by atoms with van der Waals surface area (Å²) in [6.45, 7) is 0.336. The predicted molar refractivity (Wildman–Crippen MR) is 227 cm³/mol. The molecule has 9 amide bonds. The number of rotatable bonds is 16. The van der Waals surface area contributed by atoms with Crippen LogP contribution in [-0.2, 0) is 48.8 Å². The molecule has 2 aliphatic heterocycles. The summed E-state index contributed by atoms with van der Waals surface area (Å²) in [4.78, 5) is 116. The van der Waals surface area contributed by atoms with E-state index in [1.807, 2.05) is 5.32 Å². The first-order valence-electron chi connectivity index (χ1n) is 20.0. The van der Waals surface area contributed by atoms with Crippen LogP contribution in [0.15, 0.2) is 16.9 Å². The molecule has 0 aromatic rings. The Morgan fingerprint density at radius 1 is 0.956 bits per heavy atom. The number of guanidine groups is 1. The molecule has 33 nitrogen and oxygen atoms in total. The topological polar surface area (TPSA) is 580 Å². The van der Waals surface area contributed by atoms with Crippen molar-refractivity contribution in [2.24, 2.45) is 33.3 Å². The van der Waals surface area contributed by atoms with Crippen LogP contribution in [0.5, 0.6) is 0 Å². The number of urea groups is 1. The number of aliphatic carboxylic acids is 1. The number of hydrogen-bond acceptors (Lipinski definition) is 23. The monoisotopic (exact) mass is 1000 g/mol. The first kappa shape index (κ1) is 61.6. The Morgan fingerprint density at radius 3 is 2.04 bits per heavy atom. The Bertz CT molecular complexity index is 1930. The summed E-state index contributed by atoms with van der Waals surface area (Å²) >= 11 is 0. The first-order valence-corrected chi connectivity index (χ1v) is 21.3. The normalized spacial score (nSPS) is 23.2. The molecular formula is C34H60N14O19S-2. The number of carboxylic acids is 1. The zero-order valence-corrected chi connectivity index (χ0v) is 37.4. The number of aliphatic hydroxyl groups is 5. The van der Waals surface area contributed by atoms with E-state index in [1.54, 1.807) is 0 Å². The molecule has 34 heteroatoms. The van der Waals surface area contributed by atoms with Crippen molar-refractivity contribution in [3.8, 4) is 0 Å². The van der Waals surface area contributed by atoms with Gasteiger partial charge in [-0.05, 0) is 19.4 Å². The van der Waals surface area contributed by atoms with Gasteiger partial charge in [0.25, 0.3) is 5.91 Å². The average Bonchev–Trinajstić information content (AvgIpc) is 3.23. The van der Waals surface area contributed by atoms with Crippen molar-refractivity contribution in [2.75, 3.05) is 39.5 Å². The van der Waals surface area contributed by atoms with Crippen molar-refractivity contribution < 1.29 is 91.3 Å². The zero-order chi connectivity index (χ0) is 52.5. The number of amides is 9. The van der Waals surface area contributed by atoms with Crippen molar-refractivity contribution in [1.29, 1.82) is 0 Å². The summed E-state index contributed by atoms with van der Waals surface area (Å²) in [5.74, 6) is -8.38. The second-order valence-electron chi connectivity index (χ2n) is 15.1. The zero-order valence-electron chi connectivity index (χ0n) is 36.6. The third-order valence-electron chi connectivity index (χ3n) is 8.92. The number of carboxylic acid groups (broad SMARTS) is 1. The van der Waals surface area contributed by atoms with E-state index in [1.165, 1.54) is 13.8 Å². The summed E-state index contributed by atoms with van der Waals surface area (Å²) in [5.41, 5.74) is 20.5. The van der Waals surface area contributed by atoms with Crippen molar-refractivity contribution in [3.63, 3.8) is 0 Å². The Hall–Kier alpha value is -6.37.